The molecule has 4 N–H and O–H groups in total. The Morgan fingerprint density at radius 1 is 1.42 bits per heavy atom. The van der Waals surface area contributed by atoms with Crippen LogP contribution in [0.2, 0.25) is 0 Å². The predicted molar refractivity (Wildman–Crippen MR) is 73.8 cm³/mol. The van der Waals surface area contributed by atoms with Crippen LogP contribution in [-0.4, -0.2) is 35.6 Å². The van der Waals surface area contributed by atoms with Gasteiger partial charge in [-0.2, -0.15) is 0 Å². The van der Waals surface area contributed by atoms with Crippen LogP contribution >= 0.6 is 0 Å². The molecular formula is C12H21N5O2. The summed E-state index contributed by atoms with van der Waals surface area (Å²) in [5.41, 5.74) is 4.75. The van der Waals surface area contributed by atoms with E-state index in [1.807, 2.05) is 13.8 Å². The molecule has 1 aromatic rings. The number of ether oxygens (including phenoxy) is 1. The van der Waals surface area contributed by atoms with E-state index < -0.39 is 5.54 Å². The van der Waals surface area contributed by atoms with Crippen LogP contribution in [0.5, 0.6) is 0 Å². The Morgan fingerprint density at radius 3 is 2.58 bits per heavy atom. The summed E-state index contributed by atoms with van der Waals surface area (Å²) in [5.74, 6) is 1.50. The molecule has 0 saturated carbocycles. The topological polar surface area (TPSA) is 102 Å². The maximum atomic E-state index is 11.0. The van der Waals surface area contributed by atoms with Crippen molar-refractivity contribution in [3.63, 3.8) is 0 Å². The second-order valence-corrected chi connectivity index (χ2v) is 4.89. The van der Waals surface area contributed by atoms with Crippen molar-refractivity contribution in [2.45, 2.75) is 32.4 Å². The van der Waals surface area contributed by atoms with E-state index in [2.05, 4.69) is 20.6 Å². The van der Waals surface area contributed by atoms with E-state index in [1.54, 1.807) is 20.2 Å². The van der Waals surface area contributed by atoms with Crippen LogP contribution in [0.15, 0.2) is 6.07 Å². The molecule has 0 saturated heterocycles. The quantitative estimate of drug-likeness (QED) is 0.673. The summed E-state index contributed by atoms with van der Waals surface area (Å²) in [4.78, 5) is 19.6. The van der Waals surface area contributed by atoms with Crippen molar-refractivity contribution in [2.24, 2.45) is 5.73 Å². The normalized spacial score (nSPS) is 11.2. The fourth-order valence-corrected chi connectivity index (χ4v) is 1.71. The van der Waals surface area contributed by atoms with Crippen molar-refractivity contribution in [1.29, 1.82) is 0 Å². The van der Waals surface area contributed by atoms with Gasteiger partial charge in [0, 0.05) is 32.2 Å². The summed E-state index contributed by atoms with van der Waals surface area (Å²) in [6, 6.07) is 1.77. The van der Waals surface area contributed by atoms with Crippen molar-refractivity contribution in [3.8, 4) is 0 Å². The number of anilines is 2. The molecule has 106 valence electrons. The number of rotatable bonds is 7. The third kappa shape index (κ3) is 5.09. The Balaban J connectivity index is 2.92. The molecule has 0 bridgehead atoms. The van der Waals surface area contributed by atoms with Gasteiger partial charge in [-0.3, -0.25) is 4.79 Å². The van der Waals surface area contributed by atoms with E-state index in [9.17, 15) is 4.79 Å². The fraction of sp³-hybridized carbons (Fsp3) is 0.583. The maximum absolute atomic E-state index is 11.0. The number of nitrogens with one attached hydrogen (secondary N) is 2. The van der Waals surface area contributed by atoms with Gasteiger partial charge >= 0.3 is 0 Å². The minimum atomic E-state index is -0.477. The van der Waals surface area contributed by atoms with Crippen LogP contribution in [0, 0.1) is 0 Å². The van der Waals surface area contributed by atoms with Crippen molar-refractivity contribution in [3.05, 3.63) is 11.9 Å². The molecule has 7 heteroatoms. The molecule has 0 aliphatic heterocycles. The number of carbonyl (C=O) groups excluding carboxylic acids is 1. The Labute approximate surface area is 113 Å². The maximum Gasteiger partial charge on any atom is 0.219 e. The molecule has 0 aliphatic carbocycles. The third-order valence-corrected chi connectivity index (χ3v) is 2.38. The lowest BCUT2D eigenvalue weighted by atomic mass is 10.0. The van der Waals surface area contributed by atoms with E-state index in [-0.39, 0.29) is 12.3 Å². The number of primary amides is 1. The standard InChI is InChI=1S/C12H21N5O2/c1-12(2,6-8(13)18)17-10-5-9(14-3)15-11(16-10)7-19-4/h5H,6-7H2,1-4H3,(H2,13,18)(H2,14,15,16,17). The van der Waals surface area contributed by atoms with Crippen LogP contribution in [0.1, 0.15) is 26.1 Å². The molecule has 7 nitrogen and oxygen atoms in total. The van der Waals surface area contributed by atoms with Gasteiger partial charge in [0.2, 0.25) is 5.91 Å². The zero-order valence-corrected chi connectivity index (χ0v) is 11.8. The summed E-state index contributed by atoms with van der Waals surface area (Å²) in [5, 5.41) is 6.13. The molecule has 1 rings (SSSR count). The van der Waals surface area contributed by atoms with Crippen LogP contribution in [0.25, 0.3) is 0 Å². The summed E-state index contributed by atoms with van der Waals surface area (Å²) in [6.45, 7) is 4.09. The average Bonchev–Trinajstić information content (AvgIpc) is 2.26. The highest BCUT2D eigenvalue weighted by molar-refractivity contribution is 5.75. The largest absolute Gasteiger partial charge is 0.377 e. The number of methoxy groups -OCH3 is 1. The lowest BCUT2D eigenvalue weighted by molar-refractivity contribution is -0.118. The number of nitrogens with two attached hydrogens (primary N) is 1. The van der Waals surface area contributed by atoms with Crippen LogP contribution in [0.4, 0.5) is 11.6 Å². The first-order valence-corrected chi connectivity index (χ1v) is 5.97. The van der Waals surface area contributed by atoms with Gasteiger partial charge in [0.25, 0.3) is 0 Å². The zero-order valence-electron chi connectivity index (χ0n) is 11.8. The van der Waals surface area contributed by atoms with Gasteiger partial charge < -0.3 is 21.1 Å². The molecular weight excluding hydrogens is 246 g/mol. The molecule has 1 aromatic heterocycles. The first kappa shape index (κ1) is 15.2. The molecule has 0 aromatic carbocycles. The van der Waals surface area contributed by atoms with E-state index >= 15 is 0 Å². The molecule has 1 heterocycles. The Morgan fingerprint density at radius 2 is 2.05 bits per heavy atom. The Bertz CT molecular complexity index is 448. The molecule has 0 unspecified atom stereocenters. The van der Waals surface area contributed by atoms with Gasteiger partial charge in [0.15, 0.2) is 5.82 Å². The first-order valence-electron chi connectivity index (χ1n) is 5.97. The monoisotopic (exact) mass is 267 g/mol. The van der Waals surface area contributed by atoms with E-state index in [4.69, 9.17) is 10.5 Å². The van der Waals surface area contributed by atoms with Crippen molar-refractivity contribution < 1.29 is 9.53 Å². The summed E-state index contributed by atoms with van der Waals surface area (Å²) < 4.78 is 5.02. The van der Waals surface area contributed by atoms with Crippen LogP contribution < -0.4 is 16.4 Å². The Kier molecular flexibility index (Phi) is 5.05. The van der Waals surface area contributed by atoms with Gasteiger partial charge in [0.05, 0.1) is 0 Å². The number of aromatic nitrogens is 2. The lowest BCUT2D eigenvalue weighted by Gasteiger charge is -2.25. The minimum Gasteiger partial charge on any atom is -0.377 e. The highest BCUT2D eigenvalue weighted by Crippen LogP contribution is 2.18. The molecule has 0 fully saturated rings. The van der Waals surface area contributed by atoms with Crippen molar-refractivity contribution in [2.75, 3.05) is 24.8 Å². The minimum absolute atomic E-state index is 0.214. The SMILES string of the molecule is CNc1cc(NC(C)(C)CC(N)=O)nc(COC)n1. The van der Waals surface area contributed by atoms with E-state index in [1.165, 1.54) is 0 Å². The van der Waals surface area contributed by atoms with E-state index in [0.717, 1.165) is 0 Å². The van der Waals surface area contributed by atoms with Gasteiger partial charge in [-0.1, -0.05) is 0 Å². The molecule has 19 heavy (non-hydrogen) atoms. The lowest BCUT2D eigenvalue weighted by Crippen LogP contribution is -2.36. The van der Waals surface area contributed by atoms with Gasteiger partial charge in [-0.15, -0.1) is 0 Å². The van der Waals surface area contributed by atoms with Gasteiger partial charge in [0.1, 0.15) is 18.2 Å². The molecule has 0 spiro atoms. The smallest absolute Gasteiger partial charge is 0.219 e. The second-order valence-electron chi connectivity index (χ2n) is 4.89. The average molecular weight is 267 g/mol. The van der Waals surface area contributed by atoms with E-state index in [0.29, 0.717) is 24.1 Å². The van der Waals surface area contributed by atoms with Crippen molar-refractivity contribution in [1.82, 2.24) is 9.97 Å². The fourth-order valence-electron chi connectivity index (χ4n) is 1.71. The number of hydrogen-bond donors (Lipinski definition) is 3. The summed E-state index contributed by atoms with van der Waals surface area (Å²) in [7, 11) is 3.36. The zero-order chi connectivity index (χ0) is 14.5. The number of hydrogen-bond acceptors (Lipinski definition) is 6. The highest BCUT2D eigenvalue weighted by atomic mass is 16.5. The third-order valence-electron chi connectivity index (χ3n) is 2.38. The summed E-state index contributed by atoms with van der Waals surface area (Å²) >= 11 is 0. The van der Waals surface area contributed by atoms with Gasteiger partial charge in [-0.25, -0.2) is 9.97 Å². The van der Waals surface area contributed by atoms with Crippen molar-refractivity contribution >= 4 is 17.5 Å². The number of nitrogens with zero attached hydrogens (tertiary/aromatic N) is 2. The number of amides is 1. The second kappa shape index (κ2) is 6.33. The van der Waals surface area contributed by atoms with Crippen LogP contribution in [0.3, 0.4) is 0 Å². The highest BCUT2D eigenvalue weighted by Gasteiger charge is 2.21. The first-order chi connectivity index (χ1) is 8.86. The molecule has 1 amide bonds. The van der Waals surface area contributed by atoms with Crippen LogP contribution in [-0.2, 0) is 16.1 Å². The Hall–Kier alpha value is -1.89. The molecule has 0 aliphatic rings. The predicted octanol–water partition coefficient (Wildman–Crippen LogP) is 0.731. The van der Waals surface area contributed by atoms with Gasteiger partial charge in [-0.05, 0) is 13.8 Å². The molecule has 0 atom stereocenters. The molecule has 0 radical (unpaired) electrons. The number of carbonyl (C=O) groups is 1. The summed E-state index contributed by atoms with van der Waals surface area (Å²) in [6.07, 6.45) is 0.214.